The van der Waals surface area contributed by atoms with Crippen LogP contribution >= 0.6 is 0 Å². The van der Waals surface area contributed by atoms with Gasteiger partial charge in [-0.2, -0.15) is 4.31 Å². The van der Waals surface area contributed by atoms with E-state index in [4.69, 9.17) is 0 Å². The molecule has 5 nitrogen and oxygen atoms in total. The van der Waals surface area contributed by atoms with Crippen LogP contribution in [0.4, 0.5) is 5.69 Å². The molecule has 0 spiro atoms. The van der Waals surface area contributed by atoms with Gasteiger partial charge < -0.3 is 4.90 Å². The van der Waals surface area contributed by atoms with Crippen LogP contribution in [0.5, 0.6) is 0 Å². The molecule has 1 fully saturated rings. The molecule has 1 aromatic carbocycles. The van der Waals surface area contributed by atoms with Crippen LogP contribution < -0.4 is 4.90 Å². The Kier molecular flexibility index (Phi) is 5.34. The van der Waals surface area contributed by atoms with Crippen LogP contribution in [0, 0.1) is 0 Å². The number of benzene rings is 1. The summed E-state index contributed by atoms with van der Waals surface area (Å²) in [6.07, 6.45) is 4.53. The van der Waals surface area contributed by atoms with E-state index in [1.807, 2.05) is 24.3 Å². The van der Waals surface area contributed by atoms with Gasteiger partial charge in [0.1, 0.15) is 0 Å². The van der Waals surface area contributed by atoms with Crippen LogP contribution in [-0.2, 0) is 15.4 Å². The number of hydrogen-bond acceptors (Lipinski definition) is 4. The summed E-state index contributed by atoms with van der Waals surface area (Å²) < 4.78 is 27.5. The zero-order chi connectivity index (χ0) is 18.8. The van der Waals surface area contributed by atoms with Crippen molar-refractivity contribution >= 4 is 15.7 Å². The highest BCUT2D eigenvalue weighted by atomic mass is 32.2. The third kappa shape index (κ3) is 3.76. The first-order valence-corrected chi connectivity index (χ1v) is 10.5. The fourth-order valence-electron chi connectivity index (χ4n) is 3.17. The maximum atomic E-state index is 13.0. The second kappa shape index (κ2) is 7.37. The summed E-state index contributed by atoms with van der Waals surface area (Å²) in [5.41, 5.74) is 2.31. The van der Waals surface area contributed by atoms with E-state index in [0.717, 1.165) is 12.1 Å². The standard InChI is InChI=1S/C20H27N3O2S/c1-4-20(2,3)17-5-7-19(8-6-17)26(24,25)23-15-13-22(14-16-23)18-9-11-21-12-10-18/h5-12H,4,13-16H2,1-3H3. The van der Waals surface area contributed by atoms with E-state index < -0.39 is 10.0 Å². The number of nitrogens with zero attached hydrogens (tertiary/aromatic N) is 3. The topological polar surface area (TPSA) is 53.5 Å². The van der Waals surface area contributed by atoms with Crippen molar-refractivity contribution in [2.75, 3.05) is 31.1 Å². The molecule has 0 N–H and O–H groups in total. The molecule has 0 bridgehead atoms. The number of sulfonamides is 1. The normalized spacial score (nSPS) is 16.7. The van der Waals surface area contributed by atoms with Gasteiger partial charge in [-0.25, -0.2) is 8.42 Å². The minimum atomic E-state index is -3.44. The van der Waals surface area contributed by atoms with E-state index >= 15 is 0 Å². The second-order valence-corrected chi connectivity index (χ2v) is 9.30. The molecule has 1 aliphatic heterocycles. The first-order valence-electron chi connectivity index (χ1n) is 9.10. The van der Waals surface area contributed by atoms with Crippen molar-refractivity contribution in [1.82, 2.24) is 9.29 Å². The van der Waals surface area contributed by atoms with Gasteiger partial charge >= 0.3 is 0 Å². The SMILES string of the molecule is CCC(C)(C)c1ccc(S(=O)(=O)N2CCN(c3ccncc3)CC2)cc1. The number of hydrogen-bond donors (Lipinski definition) is 0. The van der Waals surface area contributed by atoms with Gasteiger partial charge in [-0.05, 0) is 41.7 Å². The quantitative estimate of drug-likeness (QED) is 0.807. The van der Waals surface area contributed by atoms with Crippen molar-refractivity contribution in [3.8, 4) is 0 Å². The van der Waals surface area contributed by atoms with Gasteiger partial charge in [0, 0.05) is 44.3 Å². The van der Waals surface area contributed by atoms with E-state index in [1.165, 1.54) is 5.56 Å². The third-order valence-electron chi connectivity index (χ3n) is 5.42. The highest BCUT2D eigenvalue weighted by molar-refractivity contribution is 7.89. The number of piperazine rings is 1. The predicted octanol–water partition coefficient (Wildman–Crippen LogP) is 3.28. The molecule has 0 amide bonds. The van der Waals surface area contributed by atoms with Gasteiger partial charge in [-0.1, -0.05) is 32.9 Å². The average Bonchev–Trinajstić information content (AvgIpc) is 2.69. The third-order valence-corrected chi connectivity index (χ3v) is 7.34. The molecule has 3 rings (SSSR count). The molecule has 0 unspecified atom stereocenters. The lowest BCUT2D eigenvalue weighted by atomic mass is 9.82. The van der Waals surface area contributed by atoms with E-state index in [0.29, 0.717) is 31.1 Å². The van der Waals surface area contributed by atoms with Gasteiger partial charge in [0.25, 0.3) is 0 Å². The Bertz CT molecular complexity index is 825. The Hall–Kier alpha value is -1.92. The molecule has 0 aliphatic carbocycles. The minimum Gasteiger partial charge on any atom is -0.369 e. The maximum absolute atomic E-state index is 13.0. The number of aromatic nitrogens is 1. The summed E-state index contributed by atoms with van der Waals surface area (Å²) >= 11 is 0. The van der Waals surface area contributed by atoms with Gasteiger partial charge in [0.2, 0.25) is 10.0 Å². The molecule has 0 radical (unpaired) electrons. The Morgan fingerprint density at radius 1 is 0.962 bits per heavy atom. The highest BCUT2D eigenvalue weighted by Gasteiger charge is 2.29. The van der Waals surface area contributed by atoms with E-state index in [2.05, 4.69) is 30.7 Å². The fourth-order valence-corrected chi connectivity index (χ4v) is 4.59. The summed E-state index contributed by atoms with van der Waals surface area (Å²) in [6, 6.07) is 11.3. The molecule has 0 atom stereocenters. The van der Waals surface area contributed by atoms with Gasteiger partial charge in [-0.3, -0.25) is 4.98 Å². The fraction of sp³-hybridized carbons (Fsp3) is 0.450. The monoisotopic (exact) mass is 373 g/mol. The second-order valence-electron chi connectivity index (χ2n) is 7.36. The summed E-state index contributed by atoms with van der Waals surface area (Å²) in [5, 5.41) is 0. The molecule has 26 heavy (non-hydrogen) atoms. The van der Waals surface area contributed by atoms with Crippen molar-refractivity contribution < 1.29 is 8.42 Å². The number of pyridine rings is 1. The zero-order valence-electron chi connectivity index (χ0n) is 15.7. The predicted molar refractivity (Wildman–Crippen MR) is 105 cm³/mol. The molecular weight excluding hydrogens is 346 g/mol. The number of rotatable bonds is 5. The smallest absolute Gasteiger partial charge is 0.243 e. The number of anilines is 1. The van der Waals surface area contributed by atoms with Crippen molar-refractivity contribution in [2.24, 2.45) is 0 Å². The Morgan fingerprint density at radius 2 is 1.54 bits per heavy atom. The van der Waals surface area contributed by atoms with Crippen LogP contribution in [0.1, 0.15) is 32.8 Å². The van der Waals surface area contributed by atoms with Gasteiger partial charge in [0.15, 0.2) is 0 Å². The van der Waals surface area contributed by atoms with E-state index in [9.17, 15) is 8.42 Å². The molecule has 1 aromatic heterocycles. The van der Waals surface area contributed by atoms with Crippen molar-refractivity contribution in [3.05, 3.63) is 54.4 Å². The molecule has 6 heteroatoms. The summed E-state index contributed by atoms with van der Waals surface area (Å²) in [4.78, 5) is 6.61. The molecule has 2 aromatic rings. The molecule has 1 aliphatic rings. The molecule has 1 saturated heterocycles. The van der Waals surface area contributed by atoms with Crippen LogP contribution in [-0.4, -0.2) is 43.9 Å². The lowest BCUT2D eigenvalue weighted by Gasteiger charge is -2.35. The summed E-state index contributed by atoms with van der Waals surface area (Å²) in [6.45, 7) is 8.85. The minimum absolute atomic E-state index is 0.0540. The first kappa shape index (κ1) is 18.9. The largest absolute Gasteiger partial charge is 0.369 e. The van der Waals surface area contributed by atoms with Crippen molar-refractivity contribution in [2.45, 2.75) is 37.5 Å². The Morgan fingerprint density at radius 3 is 2.08 bits per heavy atom. The molecule has 0 saturated carbocycles. The van der Waals surface area contributed by atoms with Crippen LogP contribution in [0.15, 0.2) is 53.7 Å². The lowest BCUT2D eigenvalue weighted by molar-refractivity contribution is 0.385. The first-order chi connectivity index (χ1) is 12.3. The molecule has 140 valence electrons. The molecular formula is C20H27N3O2S. The zero-order valence-corrected chi connectivity index (χ0v) is 16.5. The summed E-state index contributed by atoms with van der Waals surface area (Å²) in [5.74, 6) is 0. The van der Waals surface area contributed by atoms with Crippen LogP contribution in [0.3, 0.4) is 0 Å². The van der Waals surface area contributed by atoms with Gasteiger partial charge in [0.05, 0.1) is 4.90 Å². The van der Waals surface area contributed by atoms with Crippen molar-refractivity contribution in [1.29, 1.82) is 0 Å². The maximum Gasteiger partial charge on any atom is 0.243 e. The van der Waals surface area contributed by atoms with Crippen LogP contribution in [0.25, 0.3) is 0 Å². The van der Waals surface area contributed by atoms with Gasteiger partial charge in [-0.15, -0.1) is 0 Å². The van der Waals surface area contributed by atoms with Crippen molar-refractivity contribution in [3.63, 3.8) is 0 Å². The average molecular weight is 374 g/mol. The van der Waals surface area contributed by atoms with Crippen LogP contribution in [0.2, 0.25) is 0 Å². The van der Waals surface area contributed by atoms with E-state index in [-0.39, 0.29) is 5.41 Å². The molecule has 2 heterocycles. The summed E-state index contributed by atoms with van der Waals surface area (Å²) in [7, 11) is -3.44. The van der Waals surface area contributed by atoms with E-state index in [1.54, 1.807) is 28.8 Å². The lowest BCUT2D eigenvalue weighted by Crippen LogP contribution is -2.48. The Labute approximate surface area is 156 Å². The Balaban J connectivity index is 1.71. The highest BCUT2D eigenvalue weighted by Crippen LogP contribution is 2.28.